The van der Waals surface area contributed by atoms with Crippen molar-refractivity contribution in [3.05, 3.63) is 30.1 Å². The summed E-state index contributed by atoms with van der Waals surface area (Å²) < 4.78 is 39.3. The summed E-state index contributed by atoms with van der Waals surface area (Å²) in [5, 5.41) is 3.53. The van der Waals surface area contributed by atoms with Crippen molar-refractivity contribution in [2.75, 3.05) is 18.2 Å². The Morgan fingerprint density at radius 1 is 1.21 bits per heavy atom. The van der Waals surface area contributed by atoms with Gasteiger partial charge in [0.05, 0.1) is 23.4 Å². The molecule has 3 aromatic rings. The molecule has 33 heavy (non-hydrogen) atoms. The van der Waals surface area contributed by atoms with Crippen LogP contribution in [0.25, 0.3) is 21.9 Å². The number of carbonyl (C=O) groups is 1. The standard InChI is InChI=1S/C22H31N5O5S/c1-7-31-12-17-24-18-19(27(17)13-22(4,5)26-33(6,29)30)15-10-8-9-11-16(15)23-20(18)25-21(28)32-14(2)3/h8-11,14,26H,7,12-13H2,1-6H3,(H,23,25,28). The highest BCUT2D eigenvalue weighted by Gasteiger charge is 2.27. The van der Waals surface area contributed by atoms with E-state index in [1.807, 2.05) is 35.8 Å². The van der Waals surface area contributed by atoms with E-state index in [4.69, 9.17) is 14.5 Å². The highest BCUT2D eigenvalue weighted by molar-refractivity contribution is 7.88. The van der Waals surface area contributed by atoms with Crippen molar-refractivity contribution in [3.63, 3.8) is 0 Å². The summed E-state index contributed by atoms with van der Waals surface area (Å²) in [7, 11) is -3.45. The van der Waals surface area contributed by atoms with E-state index in [1.54, 1.807) is 27.7 Å². The fourth-order valence-electron chi connectivity index (χ4n) is 3.71. The first kappa shape index (κ1) is 24.9. The predicted molar refractivity (Wildman–Crippen MR) is 128 cm³/mol. The van der Waals surface area contributed by atoms with E-state index in [-0.39, 0.29) is 25.1 Å². The van der Waals surface area contributed by atoms with Crippen LogP contribution < -0.4 is 10.0 Å². The van der Waals surface area contributed by atoms with E-state index in [2.05, 4.69) is 15.0 Å². The normalized spacial score (nSPS) is 12.6. The van der Waals surface area contributed by atoms with Gasteiger partial charge >= 0.3 is 6.09 Å². The molecule has 0 aliphatic carbocycles. The minimum atomic E-state index is -3.45. The van der Waals surface area contributed by atoms with Gasteiger partial charge in [-0.3, -0.25) is 5.32 Å². The highest BCUT2D eigenvalue weighted by Crippen LogP contribution is 2.31. The van der Waals surface area contributed by atoms with E-state index < -0.39 is 21.7 Å². The molecule has 10 nitrogen and oxygen atoms in total. The topological polar surface area (TPSA) is 124 Å². The van der Waals surface area contributed by atoms with Crippen molar-refractivity contribution in [3.8, 4) is 0 Å². The van der Waals surface area contributed by atoms with Gasteiger partial charge in [0.15, 0.2) is 5.82 Å². The van der Waals surface area contributed by atoms with Crippen LogP contribution in [0.1, 0.15) is 40.4 Å². The monoisotopic (exact) mass is 477 g/mol. The zero-order chi connectivity index (χ0) is 24.4. The summed E-state index contributed by atoms with van der Waals surface area (Å²) in [4.78, 5) is 21.7. The predicted octanol–water partition coefficient (Wildman–Crippen LogP) is 3.41. The molecular weight excluding hydrogens is 446 g/mol. The van der Waals surface area contributed by atoms with Crippen molar-refractivity contribution in [2.45, 2.75) is 59.4 Å². The number of fused-ring (bicyclic) bond motifs is 3. The lowest BCUT2D eigenvalue weighted by atomic mass is 10.1. The zero-order valence-electron chi connectivity index (χ0n) is 19.8. The van der Waals surface area contributed by atoms with Crippen LogP contribution in [0, 0.1) is 0 Å². The molecule has 0 aliphatic heterocycles. The quantitative estimate of drug-likeness (QED) is 0.484. The van der Waals surface area contributed by atoms with Gasteiger partial charge in [-0.05, 0) is 40.7 Å². The number of hydrogen-bond donors (Lipinski definition) is 2. The molecule has 1 amide bonds. The second kappa shape index (κ2) is 9.62. The fraction of sp³-hybridized carbons (Fsp3) is 0.500. The number of anilines is 1. The van der Waals surface area contributed by atoms with Crippen molar-refractivity contribution in [1.82, 2.24) is 19.3 Å². The number of imidazole rings is 1. The average molecular weight is 478 g/mol. The molecule has 0 fully saturated rings. The molecule has 2 heterocycles. The zero-order valence-corrected chi connectivity index (χ0v) is 20.6. The first-order valence-corrected chi connectivity index (χ1v) is 12.6. The second-order valence-corrected chi connectivity index (χ2v) is 10.5. The summed E-state index contributed by atoms with van der Waals surface area (Å²) in [6, 6.07) is 7.51. The maximum Gasteiger partial charge on any atom is 0.413 e. The molecular formula is C22H31N5O5S. The number of amides is 1. The number of pyridine rings is 1. The van der Waals surface area contributed by atoms with Gasteiger partial charge in [-0.25, -0.2) is 27.9 Å². The number of hydrogen-bond acceptors (Lipinski definition) is 7. The molecule has 0 radical (unpaired) electrons. The van der Waals surface area contributed by atoms with Gasteiger partial charge in [-0.15, -0.1) is 0 Å². The first-order valence-electron chi connectivity index (χ1n) is 10.7. The molecule has 11 heteroatoms. The molecule has 0 unspecified atom stereocenters. The van der Waals surface area contributed by atoms with Gasteiger partial charge in [0.2, 0.25) is 10.0 Å². The summed E-state index contributed by atoms with van der Waals surface area (Å²) in [6.45, 7) is 9.98. The molecule has 0 aliphatic rings. The summed E-state index contributed by atoms with van der Waals surface area (Å²) in [5.41, 5.74) is 1.03. The van der Waals surface area contributed by atoms with Gasteiger partial charge in [0, 0.05) is 24.1 Å². The third-order valence-corrected chi connectivity index (χ3v) is 5.60. The Labute approximate surface area is 193 Å². The highest BCUT2D eigenvalue weighted by atomic mass is 32.2. The van der Waals surface area contributed by atoms with Crippen LogP contribution >= 0.6 is 0 Å². The largest absolute Gasteiger partial charge is 0.447 e. The van der Waals surface area contributed by atoms with Crippen molar-refractivity contribution in [2.24, 2.45) is 0 Å². The van der Waals surface area contributed by atoms with Crippen LogP contribution in [0.3, 0.4) is 0 Å². The van der Waals surface area contributed by atoms with Crippen LogP contribution in [-0.4, -0.2) is 53.6 Å². The molecule has 0 bridgehead atoms. The number of carbonyl (C=O) groups excluding carboxylic acids is 1. The maximum atomic E-state index is 12.3. The van der Waals surface area contributed by atoms with E-state index in [9.17, 15) is 13.2 Å². The molecule has 0 spiro atoms. The Bertz CT molecular complexity index is 1270. The Morgan fingerprint density at radius 2 is 1.91 bits per heavy atom. The molecule has 2 N–H and O–H groups in total. The van der Waals surface area contributed by atoms with Gasteiger partial charge in [-0.1, -0.05) is 18.2 Å². The average Bonchev–Trinajstić information content (AvgIpc) is 3.02. The Kier molecular flexibility index (Phi) is 7.25. The van der Waals surface area contributed by atoms with Gasteiger partial charge in [0.1, 0.15) is 17.9 Å². The van der Waals surface area contributed by atoms with Crippen LogP contribution in [0.15, 0.2) is 24.3 Å². The summed E-state index contributed by atoms with van der Waals surface area (Å²) in [6.07, 6.45) is 0.202. The number of ether oxygens (including phenoxy) is 2. The minimum Gasteiger partial charge on any atom is -0.447 e. The lowest BCUT2D eigenvalue weighted by Crippen LogP contribution is -2.46. The smallest absolute Gasteiger partial charge is 0.413 e. The summed E-state index contributed by atoms with van der Waals surface area (Å²) >= 11 is 0. The van der Waals surface area contributed by atoms with Crippen LogP contribution in [-0.2, 0) is 32.6 Å². The molecule has 180 valence electrons. The maximum absolute atomic E-state index is 12.3. The van der Waals surface area contributed by atoms with E-state index in [0.717, 1.165) is 17.2 Å². The Balaban J connectivity index is 2.23. The molecule has 0 saturated heterocycles. The molecule has 1 aromatic carbocycles. The number of nitrogens with one attached hydrogen (secondary N) is 2. The van der Waals surface area contributed by atoms with E-state index >= 15 is 0 Å². The van der Waals surface area contributed by atoms with Gasteiger partial charge in [-0.2, -0.15) is 0 Å². The number of para-hydroxylation sites is 1. The number of aromatic nitrogens is 3. The number of rotatable bonds is 9. The van der Waals surface area contributed by atoms with Gasteiger partial charge < -0.3 is 14.0 Å². The van der Waals surface area contributed by atoms with Crippen LogP contribution in [0.5, 0.6) is 0 Å². The summed E-state index contributed by atoms with van der Waals surface area (Å²) in [5.74, 6) is 0.855. The van der Waals surface area contributed by atoms with E-state index in [0.29, 0.717) is 23.5 Å². The Hall–Kier alpha value is -2.76. The molecule has 3 rings (SSSR count). The molecule has 2 aromatic heterocycles. The van der Waals surface area contributed by atoms with Crippen molar-refractivity contribution >= 4 is 43.9 Å². The SMILES string of the molecule is CCOCc1nc2c(NC(=O)OC(C)C)nc3ccccc3c2n1CC(C)(C)NS(C)(=O)=O. The number of sulfonamides is 1. The number of nitrogens with zero attached hydrogens (tertiary/aromatic N) is 3. The van der Waals surface area contributed by atoms with Crippen LogP contribution in [0.2, 0.25) is 0 Å². The van der Waals surface area contributed by atoms with Gasteiger partial charge in [0.25, 0.3) is 0 Å². The third kappa shape index (κ3) is 6.18. The first-order chi connectivity index (χ1) is 15.4. The fourth-order valence-corrected chi connectivity index (χ4v) is 4.78. The minimum absolute atomic E-state index is 0.213. The molecule has 0 saturated carbocycles. The van der Waals surface area contributed by atoms with Crippen LogP contribution in [0.4, 0.5) is 10.6 Å². The lowest BCUT2D eigenvalue weighted by molar-refractivity contribution is 0.125. The second-order valence-electron chi connectivity index (χ2n) is 8.76. The van der Waals surface area contributed by atoms with Crippen molar-refractivity contribution < 1.29 is 22.7 Å². The Morgan fingerprint density at radius 3 is 2.55 bits per heavy atom. The van der Waals surface area contributed by atoms with E-state index in [1.165, 1.54) is 0 Å². The number of benzene rings is 1. The lowest BCUT2D eigenvalue weighted by Gasteiger charge is -2.27. The van der Waals surface area contributed by atoms with Crippen molar-refractivity contribution in [1.29, 1.82) is 0 Å². The third-order valence-electron chi connectivity index (χ3n) is 4.68. The molecule has 0 atom stereocenters.